The summed E-state index contributed by atoms with van der Waals surface area (Å²) in [5.74, 6) is 0. The van der Waals surface area contributed by atoms with E-state index in [1.807, 2.05) is 6.92 Å². The van der Waals surface area contributed by atoms with Crippen LogP contribution in [0.15, 0.2) is 0 Å². The first-order valence-corrected chi connectivity index (χ1v) is 3.79. The van der Waals surface area contributed by atoms with Crippen LogP contribution in [-0.2, 0) is 0 Å². The van der Waals surface area contributed by atoms with Crippen molar-refractivity contribution >= 4 is 6.03 Å². The zero-order valence-corrected chi connectivity index (χ0v) is 8.01. The minimum Gasteiger partial charge on any atom is -0.351 e. The van der Waals surface area contributed by atoms with Crippen LogP contribution in [0.2, 0.25) is 0 Å². The maximum Gasteiger partial charge on any atom is 0.314 e. The van der Waals surface area contributed by atoms with E-state index in [9.17, 15) is 4.79 Å². The first-order valence-electron chi connectivity index (χ1n) is 3.79. The number of rotatable bonds is 1. The summed E-state index contributed by atoms with van der Waals surface area (Å²) in [6.07, 6.45) is 0. The number of urea groups is 1. The summed E-state index contributed by atoms with van der Waals surface area (Å²) in [4.78, 5) is 12.3. The Hall–Kier alpha value is -0.730. The van der Waals surface area contributed by atoms with Gasteiger partial charge in [-0.3, -0.25) is 0 Å². The maximum atomic E-state index is 10.7. The highest BCUT2D eigenvalue weighted by Gasteiger charge is 2.25. The highest BCUT2D eigenvalue weighted by atomic mass is 16.2. The highest BCUT2D eigenvalue weighted by molar-refractivity contribution is 5.72. The van der Waals surface area contributed by atoms with Gasteiger partial charge < -0.3 is 10.6 Å². The highest BCUT2D eigenvalue weighted by Crippen LogP contribution is 2.22. The van der Waals surface area contributed by atoms with Crippen LogP contribution in [0.25, 0.3) is 0 Å². The van der Waals surface area contributed by atoms with Gasteiger partial charge in [0.2, 0.25) is 0 Å². The third kappa shape index (κ3) is 2.78. The van der Waals surface area contributed by atoms with E-state index in [1.54, 1.807) is 11.9 Å². The smallest absolute Gasteiger partial charge is 0.314 e. The van der Waals surface area contributed by atoms with Crippen molar-refractivity contribution in [2.24, 2.45) is 11.1 Å². The monoisotopic (exact) mass is 158 g/mol. The molecule has 0 rings (SSSR count). The SMILES string of the molecule is CC(N(C)C(N)=O)C(C)(C)C. The molecule has 0 radical (unpaired) electrons. The molecule has 0 aromatic rings. The van der Waals surface area contributed by atoms with E-state index in [-0.39, 0.29) is 17.5 Å². The van der Waals surface area contributed by atoms with Gasteiger partial charge in [0.05, 0.1) is 0 Å². The molecule has 0 heterocycles. The molecule has 0 saturated heterocycles. The summed E-state index contributed by atoms with van der Waals surface area (Å²) in [6, 6.07) is -0.201. The molecule has 0 aromatic heterocycles. The van der Waals surface area contributed by atoms with Crippen molar-refractivity contribution in [3.8, 4) is 0 Å². The van der Waals surface area contributed by atoms with E-state index in [0.717, 1.165) is 0 Å². The van der Waals surface area contributed by atoms with Gasteiger partial charge in [-0.2, -0.15) is 0 Å². The summed E-state index contributed by atoms with van der Waals surface area (Å²) in [7, 11) is 1.72. The predicted octanol–water partition coefficient (Wildman–Crippen LogP) is 1.43. The van der Waals surface area contributed by atoms with E-state index >= 15 is 0 Å². The second kappa shape index (κ2) is 3.11. The standard InChI is InChI=1S/C8H18N2O/c1-6(8(2,3)4)10(5)7(9)11/h6H,1-5H3,(H2,9,11). The van der Waals surface area contributed by atoms with Gasteiger partial charge in [-0.25, -0.2) is 4.79 Å². The molecule has 1 atom stereocenters. The van der Waals surface area contributed by atoms with Gasteiger partial charge in [0.1, 0.15) is 0 Å². The molecule has 0 fully saturated rings. The van der Waals surface area contributed by atoms with Gasteiger partial charge >= 0.3 is 6.03 Å². The largest absolute Gasteiger partial charge is 0.351 e. The van der Waals surface area contributed by atoms with Gasteiger partial charge in [0.15, 0.2) is 0 Å². The Kier molecular flexibility index (Phi) is 2.91. The molecular formula is C8H18N2O. The number of primary amides is 1. The van der Waals surface area contributed by atoms with Gasteiger partial charge in [-0.05, 0) is 12.3 Å². The van der Waals surface area contributed by atoms with E-state index < -0.39 is 0 Å². The van der Waals surface area contributed by atoms with Gasteiger partial charge in [0.25, 0.3) is 0 Å². The summed E-state index contributed by atoms with van der Waals surface area (Å²) in [5, 5.41) is 0. The third-order valence-corrected chi connectivity index (χ3v) is 2.18. The van der Waals surface area contributed by atoms with Crippen LogP contribution >= 0.6 is 0 Å². The fourth-order valence-corrected chi connectivity index (χ4v) is 0.772. The lowest BCUT2D eigenvalue weighted by molar-refractivity contribution is 0.153. The van der Waals surface area contributed by atoms with Crippen LogP contribution in [0, 0.1) is 5.41 Å². The van der Waals surface area contributed by atoms with E-state index in [2.05, 4.69) is 20.8 Å². The molecule has 1 unspecified atom stereocenters. The number of carbonyl (C=O) groups excluding carboxylic acids is 1. The quantitative estimate of drug-likeness (QED) is 0.616. The van der Waals surface area contributed by atoms with Crippen LogP contribution in [0.4, 0.5) is 4.79 Å². The van der Waals surface area contributed by atoms with Crippen molar-refractivity contribution in [3.63, 3.8) is 0 Å². The molecule has 2 N–H and O–H groups in total. The van der Waals surface area contributed by atoms with Crippen molar-refractivity contribution in [2.45, 2.75) is 33.7 Å². The molecule has 66 valence electrons. The third-order valence-electron chi connectivity index (χ3n) is 2.18. The number of amides is 2. The summed E-state index contributed by atoms with van der Waals surface area (Å²) in [6.45, 7) is 8.23. The average Bonchev–Trinajstić information content (AvgIpc) is 1.82. The Morgan fingerprint density at radius 1 is 1.45 bits per heavy atom. The summed E-state index contributed by atoms with van der Waals surface area (Å²) in [5.41, 5.74) is 5.21. The van der Waals surface area contributed by atoms with Crippen LogP contribution in [0.5, 0.6) is 0 Å². The van der Waals surface area contributed by atoms with E-state index in [1.165, 1.54) is 0 Å². The molecule has 11 heavy (non-hydrogen) atoms. The van der Waals surface area contributed by atoms with E-state index in [4.69, 9.17) is 5.73 Å². The lowest BCUT2D eigenvalue weighted by Crippen LogP contribution is -2.45. The topological polar surface area (TPSA) is 46.3 Å². The molecule has 3 nitrogen and oxygen atoms in total. The van der Waals surface area contributed by atoms with Gasteiger partial charge in [0, 0.05) is 13.1 Å². The molecule has 3 heteroatoms. The minimum absolute atomic E-state index is 0.0871. The van der Waals surface area contributed by atoms with Crippen LogP contribution < -0.4 is 5.73 Å². The number of carbonyl (C=O) groups is 1. The number of nitrogens with zero attached hydrogens (tertiary/aromatic N) is 1. The molecule has 0 aromatic carbocycles. The van der Waals surface area contributed by atoms with Crippen LogP contribution in [-0.4, -0.2) is 24.0 Å². The zero-order chi connectivity index (χ0) is 9.23. The molecule has 0 spiro atoms. The first kappa shape index (κ1) is 10.3. The average molecular weight is 158 g/mol. The Balaban J connectivity index is 4.25. The number of nitrogens with two attached hydrogens (primary N) is 1. The molecular weight excluding hydrogens is 140 g/mol. The Morgan fingerprint density at radius 3 is 1.91 bits per heavy atom. The van der Waals surface area contributed by atoms with Crippen molar-refractivity contribution in [3.05, 3.63) is 0 Å². The second-order valence-electron chi connectivity index (χ2n) is 3.99. The fourth-order valence-electron chi connectivity index (χ4n) is 0.772. The summed E-state index contributed by atoms with van der Waals surface area (Å²) >= 11 is 0. The molecule has 0 aliphatic carbocycles. The molecule has 2 amide bonds. The number of hydrogen-bond donors (Lipinski definition) is 1. The van der Waals surface area contributed by atoms with Gasteiger partial charge in [-0.15, -0.1) is 0 Å². The summed E-state index contributed by atoms with van der Waals surface area (Å²) < 4.78 is 0. The fraction of sp³-hybridized carbons (Fsp3) is 0.875. The normalized spacial score (nSPS) is 14.3. The van der Waals surface area contributed by atoms with Crippen molar-refractivity contribution in [2.75, 3.05) is 7.05 Å². The number of hydrogen-bond acceptors (Lipinski definition) is 1. The molecule has 0 bridgehead atoms. The van der Waals surface area contributed by atoms with Crippen molar-refractivity contribution in [1.82, 2.24) is 4.90 Å². The Bertz CT molecular complexity index is 149. The first-order chi connectivity index (χ1) is 4.76. The molecule has 0 aliphatic heterocycles. The van der Waals surface area contributed by atoms with Crippen molar-refractivity contribution in [1.29, 1.82) is 0 Å². The van der Waals surface area contributed by atoms with E-state index in [0.29, 0.717) is 0 Å². The zero-order valence-electron chi connectivity index (χ0n) is 8.01. The van der Waals surface area contributed by atoms with Crippen LogP contribution in [0.1, 0.15) is 27.7 Å². The second-order valence-corrected chi connectivity index (χ2v) is 3.99. The Labute approximate surface area is 68.6 Å². The Morgan fingerprint density at radius 2 is 1.82 bits per heavy atom. The van der Waals surface area contributed by atoms with Crippen molar-refractivity contribution < 1.29 is 4.79 Å². The molecule has 0 saturated carbocycles. The predicted molar refractivity (Wildman–Crippen MR) is 46.3 cm³/mol. The maximum absolute atomic E-state index is 10.7. The minimum atomic E-state index is -0.368. The van der Waals surface area contributed by atoms with Gasteiger partial charge in [-0.1, -0.05) is 20.8 Å². The lowest BCUT2D eigenvalue weighted by atomic mass is 9.87. The lowest BCUT2D eigenvalue weighted by Gasteiger charge is -2.34. The van der Waals surface area contributed by atoms with Crippen LogP contribution in [0.3, 0.4) is 0 Å². The molecule has 0 aliphatic rings.